The number of carbonyl (C=O) groups is 1. The summed E-state index contributed by atoms with van der Waals surface area (Å²) in [6.45, 7) is 7.28. The van der Waals surface area contributed by atoms with Crippen LogP contribution in [0.15, 0.2) is 29.1 Å². The molecule has 2 rings (SSSR count). The molecule has 1 heterocycles. The topological polar surface area (TPSA) is 76.1 Å². The molecule has 0 bridgehead atoms. The number of aryl methyl sites for hydroxylation is 1. The van der Waals surface area contributed by atoms with Crippen molar-refractivity contribution in [3.63, 3.8) is 0 Å². The maximum Gasteiger partial charge on any atom is 0.412 e. The molecular formula is C17H23N3O3S. The Kier molecular flexibility index (Phi) is 5.43. The van der Waals surface area contributed by atoms with Crippen LogP contribution in [0.4, 0.5) is 10.5 Å². The highest BCUT2D eigenvalue weighted by molar-refractivity contribution is 7.80. The van der Waals surface area contributed by atoms with Crippen LogP contribution in [0.25, 0.3) is 5.69 Å². The molecule has 0 fully saturated rings. The Balaban J connectivity index is 2.17. The van der Waals surface area contributed by atoms with Crippen molar-refractivity contribution >= 4 is 24.4 Å². The highest BCUT2D eigenvalue weighted by Gasteiger charge is 2.16. The number of ether oxygens (including phenoxy) is 1. The normalized spacial score (nSPS) is 11.4. The van der Waals surface area contributed by atoms with Crippen molar-refractivity contribution in [3.8, 4) is 5.69 Å². The Morgan fingerprint density at radius 3 is 2.46 bits per heavy atom. The van der Waals surface area contributed by atoms with E-state index in [1.54, 1.807) is 45.0 Å². The van der Waals surface area contributed by atoms with Gasteiger partial charge in [-0.2, -0.15) is 12.6 Å². The van der Waals surface area contributed by atoms with Crippen LogP contribution in [0, 0.1) is 6.92 Å². The number of hydrogen-bond acceptors (Lipinski definition) is 4. The zero-order valence-corrected chi connectivity index (χ0v) is 15.2. The molecule has 1 aromatic heterocycles. The van der Waals surface area contributed by atoms with Gasteiger partial charge in [0.25, 0.3) is 5.56 Å². The molecule has 1 amide bonds. The van der Waals surface area contributed by atoms with E-state index in [0.29, 0.717) is 23.5 Å². The lowest BCUT2D eigenvalue weighted by Crippen LogP contribution is -2.27. The van der Waals surface area contributed by atoms with Gasteiger partial charge in [0.2, 0.25) is 0 Å². The fraction of sp³-hybridized carbons (Fsp3) is 0.412. The van der Waals surface area contributed by atoms with Gasteiger partial charge in [-0.15, -0.1) is 0 Å². The van der Waals surface area contributed by atoms with Gasteiger partial charge in [0, 0.05) is 16.9 Å². The van der Waals surface area contributed by atoms with Gasteiger partial charge >= 0.3 is 6.09 Å². The zero-order valence-electron chi connectivity index (χ0n) is 14.3. The predicted molar refractivity (Wildman–Crippen MR) is 98.5 cm³/mol. The molecule has 0 unspecified atom stereocenters. The van der Waals surface area contributed by atoms with E-state index in [1.807, 2.05) is 6.92 Å². The van der Waals surface area contributed by atoms with Crippen LogP contribution in [0.1, 0.15) is 32.0 Å². The zero-order chi connectivity index (χ0) is 17.9. The van der Waals surface area contributed by atoms with Crippen molar-refractivity contribution in [3.05, 3.63) is 45.9 Å². The fourth-order valence-corrected chi connectivity index (χ4v) is 2.51. The fourth-order valence-electron chi connectivity index (χ4n) is 2.28. The number of aromatic nitrogens is 2. The van der Waals surface area contributed by atoms with Crippen molar-refractivity contribution in [1.82, 2.24) is 9.78 Å². The van der Waals surface area contributed by atoms with E-state index in [1.165, 1.54) is 4.68 Å². The second kappa shape index (κ2) is 7.17. The summed E-state index contributed by atoms with van der Waals surface area (Å²) >= 11 is 4.18. The van der Waals surface area contributed by atoms with Crippen molar-refractivity contribution in [1.29, 1.82) is 0 Å². The molecule has 0 saturated carbocycles. The second-order valence-electron chi connectivity index (χ2n) is 6.50. The van der Waals surface area contributed by atoms with Gasteiger partial charge in [0.15, 0.2) is 0 Å². The molecule has 0 atom stereocenters. The molecule has 130 valence electrons. The van der Waals surface area contributed by atoms with Gasteiger partial charge in [0.1, 0.15) is 5.60 Å². The maximum atomic E-state index is 12.4. The average molecular weight is 349 g/mol. The quantitative estimate of drug-likeness (QED) is 0.741. The molecule has 2 N–H and O–H groups in total. The second-order valence-corrected chi connectivity index (χ2v) is 6.95. The Bertz CT molecular complexity index is 770. The van der Waals surface area contributed by atoms with E-state index in [4.69, 9.17) is 4.74 Å². The van der Waals surface area contributed by atoms with Gasteiger partial charge in [-0.25, -0.2) is 9.48 Å². The summed E-state index contributed by atoms with van der Waals surface area (Å²) < 4.78 is 6.69. The standard InChI is InChI=1S/C17H23N3O3S/c1-11-14(9-10-24)15(21)20(19-11)13-7-5-12(6-8-13)18-16(22)23-17(2,3)4/h5-8,19,24H,9-10H2,1-4H3,(H,18,22). The van der Waals surface area contributed by atoms with E-state index in [0.717, 1.165) is 11.3 Å². The molecular weight excluding hydrogens is 326 g/mol. The molecule has 0 radical (unpaired) electrons. The van der Waals surface area contributed by atoms with E-state index in [-0.39, 0.29) is 5.56 Å². The first-order valence-electron chi connectivity index (χ1n) is 7.73. The van der Waals surface area contributed by atoms with Crippen LogP contribution in [-0.4, -0.2) is 27.2 Å². The van der Waals surface area contributed by atoms with Gasteiger partial charge in [-0.05, 0) is 64.1 Å². The first-order chi connectivity index (χ1) is 11.2. The number of nitrogens with one attached hydrogen (secondary N) is 2. The largest absolute Gasteiger partial charge is 0.444 e. The third-order valence-corrected chi connectivity index (χ3v) is 3.55. The summed E-state index contributed by atoms with van der Waals surface area (Å²) in [6.07, 6.45) is 0.106. The maximum absolute atomic E-state index is 12.4. The molecule has 0 aliphatic rings. The van der Waals surface area contributed by atoms with Crippen LogP contribution in [0.3, 0.4) is 0 Å². The Hall–Kier alpha value is -2.15. The number of rotatable bonds is 4. The number of carbonyl (C=O) groups excluding carboxylic acids is 1. The third kappa shape index (κ3) is 4.44. The number of aromatic amines is 1. The number of H-pyrrole nitrogens is 1. The molecule has 0 aliphatic carbocycles. The van der Waals surface area contributed by atoms with E-state index >= 15 is 0 Å². The van der Waals surface area contributed by atoms with Crippen molar-refractivity contribution < 1.29 is 9.53 Å². The van der Waals surface area contributed by atoms with Gasteiger partial charge in [0.05, 0.1) is 5.69 Å². The molecule has 7 heteroatoms. The summed E-state index contributed by atoms with van der Waals surface area (Å²) in [5, 5.41) is 5.72. The lowest BCUT2D eigenvalue weighted by atomic mass is 10.2. The van der Waals surface area contributed by atoms with E-state index in [2.05, 4.69) is 23.0 Å². The Morgan fingerprint density at radius 1 is 1.29 bits per heavy atom. The van der Waals surface area contributed by atoms with Crippen molar-refractivity contribution in [2.24, 2.45) is 0 Å². The highest BCUT2D eigenvalue weighted by atomic mass is 32.1. The number of thiol groups is 1. The number of hydrogen-bond donors (Lipinski definition) is 3. The lowest BCUT2D eigenvalue weighted by Gasteiger charge is -2.19. The van der Waals surface area contributed by atoms with Gasteiger partial charge in [-0.3, -0.25) is 15.2 Å². The molecule has 2 aromatic rings. The van der Waals surface area contributed by atoms with E-state index < -0.39 is 11.7 Å². The van der Waals surface area contributed by atoms with Crippen LogP contribution in [-0.2, 0) is 11.2 Å². The molecule has 1 aromatic carbocycles. The summed E-state index contributed by atoms with van der Waals surface area (Å²) in [7, 11) is 0. The SMILES string of the molecule is Cc1[nH]n(-c2ccc(NC(=O)OC(C)(C)C)cc2)c(=O)c1CCS. The highest BCUT2D eigenvalue weighted by Crippen LogP contribution is 2.15. The smallest absolute Gasteiger partial charge is 0.412 e. The monoisotopic (exact) mass is 349 g/mol. The third-order valence-electron chi connectivity index (χ3n) is 3.33. The van der Waals surface area contributed by atoms with Crippen molar-refractivity contribution in [2.75, 3.05) is 11.1 Å². The number of nitrogens with zero attached hydrogens (tertiary/aromatic N) is 1. The minimum absolute atomic E-state index is 0.0746. The molecule has 0 saturated heterocycles. The van der Waals surface area contributed by atoms with E-state index in [9.17, 15) is 9.59 Å². The molecule has 0 aliphatic heterocycles. The minimum atomic E-state index is -0.553. The molecule has 24 heavy (non-hydrogen) atoms. The lowest BCUT2D eigenvalue weighted by molar-refractivity contribution is 0.0636. The predicted octanol–water partition coefficient (Wildman–Crippen LogP) is 3.29. The number of benzene rings is 1. The average Bonchev–Trinajstić information content (AvgIpc) is 2.74. The number of amides is 1. The summed E-state index contributed by atoms with van der Waals surface area (Å²) in [4.78, 5) is 24.2. The Labute approximate surface area is 146 Å². The molecule has 6 nitrogen and oxygen atoms in total. The summed E-state index contributed by atoms with van der Waals surface area (Å²) in [5.41, 5.74) is 2.24. The molecule has 0 spiro atoms. The summed E-state index contributed by atoms with van der Waals surface area (Å²) in [6, 6.07) is 6.96. The Morgan fingerprint density at radius 2 is 1.92 bits per heavy atom. The first-order valence-corrected chi connectivity index (χ1v) is 8.36. The van der Waals surface area contributed by atoms with Gasteiger partial charge in [-0.1, -0.05) is 0 Å². The number of anilines is 1. The van der Waals surface area contributed by atoms with Crippen LogP contribution in [0.2, 0.25) is 0 Å². The van der Waals surface area contributed by atoms with Crippen LogP contribution >= 0.6 is 12.6 Å². The minimum Gasteiger partial charge on any atom is -0.444 e. The van der Waals surface area contributed by atoms with Crippen LogP contribution < -0.4 is 10.9 Å². The summed E-state index contributed by atoms with van der Waals surface area (Å²) in [5.74, 6) is 0.618. The van der Waals surface area contributed by atoms with Crippen LogP contribution in [0.5, 0.6) is 0 Å². The van der Waals surface area contributed by atoms with Gasteiger partial charge < -0.3 is 4.74 Å². The van der Waals surface area contributed by atoms with Crippen molar-refractivity contribution in [2.45, 2.75) is 39.7 Å². The first kappa shape index (κ1) is 18.2.